The molecule has 4 N–H and O–H groups in total. The van der Waals surface area contributed by atoms with E-state index in [0.29, 0.717) is 12.8 Å². The largest absolute Gasteiger partial charge is 0.399 e. The zero-order valence-electron chi connectivity index (χ0n) is 10.7. The smallest absolute Gasteiger partial charge is 0.244 e. The monoisotopic (exact) mass is 366 g/mol. The topological polar surface area (TPSA) is 92.4 Å². The van der Waals surface area contributed by atoms with Crippen molar-refractivity contribution in [2.75, 3.05) is 12.3 Å². The Kier molecular flexibility index (Phi) is 4.38. The number of aliphatic hydroxyl groups is 1. The number of sulfonamides is 1. The lowest BCUT2D eigenvalue weighted by Gasteiger charge is -2.27. The van der Waals surface area contributed by atoms with Crippen LogP contribution in [0.5, 0.6) is 0 Å². The average molecular weight is 367 g/mol. The number of anilines is 1. The molecular weight excluding hydrogens is 351 g/mol. The second kappa shape index (κ2) is 5.59. The molecule has 5 nitrogen and oxygen atoms in total. The second-order valence-corrected chi connectivity index (χ2v) is 7.57. The number of halogens is 2. The van der Waals surface area contributed by atoms with Gasteiger partial charge in [-0.3, -0.25) is 0 Å². The highest BCUT2D eigenvalue weighted by molar-refractivity contribution is 9.10. The van der Waals surface area contributed by atoms with E-state index in [1.165, 1.54) is 6.07 Å². The number of hydrogen-bond acceptors (Lipinski definition) is 4. The van der Waals surface area contributed by atoms with E-state index in [-0.39, 0.29) is 16.8 Å². The van der Waals surface area contributed by atoms with E-state index in [1.807, 2.05) is 0 Å². The fourth-order valence-electron chi connectivity index (χ4n) is 2.46. The molecule has 0 amide bonds. The zero-order chi connectivity index (χ0) is 15.0. The molecule has 1 saturated carbocycles. The van der Waals surface area contributed by atoms with Crippen LogP contribution in [0, 0.1) is 5.82 Å². The normalized spacial score (nSPS) is 18.4. The van der Waals surface area contributed by atoms with Crippen LogP contribution in [-0.2, 0) is 10.0 Å². The third-order valence-electron chi connectivity index (χ3n) is 3.52. The highest BCUT2D eigenvalue weighted by Crippen LogP contribution is 2.32. The Balaban J connectivity index is 2.41. The molecule has 1 aromatic carbocycles. The third-order valence-corrected chi connectivity index (χ3v) is 5.68. The minimum atomic E-state index is -4.08. The molecule has 0 radical (unpaired) electrons. The van der Waals surface area contributed by atoms with Gasteiger partial charge < -0.3 is 10.8 Å². The Labute approximate surface area is 125 Å². The molecule has 1 aliphatic rings. The molecule has 0 aliphatic heterocycles. The molecular formula is C12H16BrFN2O3S. The minimum absolute atomic E-state index is 0.0117. The van der Waals surface area contributed by atoms with Gasteiger partial charge in [0.05, 0.1) is 16.6 Å². The van der Waals surface area contributed by atoms with Gasteiger partial charge in [0.2, 0.25) is 10.0 Å². The quantitative estimate of drug-likeness (QED) is 0.707. The van der Waals surface area contributed by atoms with Crippen molar-refractivity contribution >= 4 is 31.6 Å². The van der Waals surface area contributed by atoms with E-state index in [4.69, 9.17) is 5.73 Å². The number of hydrogen-bond donors (Lipinski definition) is 3. The maximum atomic E-state index is 14.0. The Morgan fingerprint density at radius 3 is 2.55 bits per heavy atom. The van der Waals surface area contributed by atoms with E-state index in [0.717, 1.165) is 18.9 Å². The Bertz CT molecular complexity index is 615. The summed E-state index contributed by atoms with van der Waals surface area (Å²) in [6.45, 7) is -0.308. The van der Waals surface area contributed by atoms with Gasteiger partial charge in [0.1, 0.15) is 4.90 Å². The maximum absolute atomic E-state index is 14.0. The summed E-state index contributed by atoms with van der Waals surface area (Å²) in [5, 5.41) is 9.45. The SMILES string of the molecule is Nc1cc(Br)c(F)c(S(=O)(=O)NC2(CO)CCCC2)c1. The van der Waals surface area contributed by atoms with Crippen LogP contribution in [-0.4, -0.2) is 25.7 Å². The number of nitrogen functional groups attached to an aromatic ring is 1. The first-order valence-electron chi connectivity index (χ1n) is 6.19. The average Bonchev–Trinajstić information content (AvgIpc) is 2.82. The predicted molar refractivity (Wildman–Crippen MR) is 77.1 cm³/mol. The third kappa shape index (κ3) is 2.98. The first-order chi connectivity index (χ1) is 9.30. The molecule has 0 atom stereocenters. The van der Waals surface area contributed by atoms with Gasteiger partial charge in [0.15, 0.2) is 5.82 Å². The van der Waals surface area contributed by atoms with Crippen molar-refractivity contribution in [1.82, 2.24) is 4.72 Å². The standard InChI is InChI=1S/C12H16BrFN2O3S/c13-9-5-8(15)6-10(11(9)14)20(18,19)16-12(7-17)3-1-2-4-12/h5-6,16-17H,1-4,7,15H2. The van der Waals surface area contributed by atoms with E-state index in [1.54, 1.807) is 0 Å². The summed E-state index contributed by atoms with van der Waals surface area (Å²) < 4.78 is 41.1. The number of rotatable bonds is 4. The maximum Gasteiger partial charge on any atom is 0.244 e. The molecule has 0 saturated heterocycles. The summed E-state index contributed by atoms with van der Waals surface area (Å²) in [6, 6.07) is 2.37. The van der Waals surface area contributed by atoms with Crippen LogP contribution in [0.2, 0.25) is 0 Å². The fraction of sp³-hybridized carbons (Fsp3) is 0.500. The summed E-state index contributed by atoms with van der Waals surface area (Å²) in [6.07, 6.45) is 2.72. The molecule has 1 fully saturated rings. The van der Waals surface area contributed by atoms with Gasteiger partial charge in [-0.2, -0.15) is 0 Å². The van der Waals surface area contributed by atoms with Crippen molar-refractivity contribution in [3.05, 3.63) is 22.4 Å². The molecule has 0 heterocycles. The van der Waals surface area contributed by atoms with Crippen molar-refractivity contribution in [1.29, 1.82) is 0 Å². The molecule has 20 heavy (non-hydrogen) atoms. The van der Waals surface area contributed by atoms with Crippen LogP contribution in [0.1, 0.15) is 25.7 Å². The van der Waals surface area contributed by atoms with E-state index in [9.17, 15) is 17.9 Å². The van der Waals surface area contributed by atoms with Crippen LogP contribution in [0.4, 0.5) is 10.1 Å². The van der Waals surface area contributed by atoms with Crippen LogP contribution < -0.4 is 10.5 Å². The second-order valence-electron chi connectivity index (χ2n) is 5.07. The highest BCUT2D eigenvalue weighted by Gasteiger charge is 2.38. The van der Waals surface area contributed by atoms with Gasteiger partial charge in [-0.25, -0.2) is 17.5 Å². The van der Waals surface area contributed by atoms with Crippen LogP contribution >= 0.6 is 15.9 Å². The van der Waals surface area contributed by atoms with Gasteiger partial charge in [0.25, 0.3) is 0 Å². The lowest BCUT2D eigenvalue weighted by atomic mass is 10.0. The molecule has 8 heteroatoms. The molecule has 0 spiro atoms. The van der Waals surface area contributed by atoms with Gasteiger partial charge in [0, 0.05) is 5.69 Å². The van der Waals surface area contributed by atoms with Crippen molar-refractivity contribution < 1.29 is 17.9 Å². The summed E-state index contributed by atoms with van der Waals surface area (Å²) >= 11 is 2.94. The number of nitrogens with one attached hydrogen (secondary N) is 1. The minimum Gasteiger partial charge on any atom is -0.399 e. The number of benzene rings is 1. The zero-order valence-corrected chi connectivity index (χ0v) is 13.1. The van der Waals surface area contributed by atoms with E-state index in [2.05, 4.69) is 20.7 Å². The Morgan fingerprint density at radius 1 is 1.40 bits per heavy atom. The van der Waals surface area contributed by atoms with Gasteiger partial charge >= 0.3 is 0 Å². The highest BCUT2D eigenvalue weighted by atomic mass is 79.9. The van der Waals surface area contributed by atoms with Crippen molar-refractivity contribution in [2.24, 2.45) is 0 Å². The summed E-state index contributed by atoms with van der Waals surface area (Å²) in [5.74, 6) is -0.891. The van der Waals surface area contributed by atoms with Crippen molar-refractivity contribution in [2.45, 2.75) is 36.1 Å². The van der Waals surface area contributed by atoms with Crippen LogP contribution in [0.15, 0.2) is 21.5 Å². The number of aliphatic hydroxyl groups excluding tert-OH is 1. The molecule has 0 unspecified atom stereocenters. The Morgan fingerprint density at radius 2 is 2.00 bits per heavy atom. The van der Waals surface area contributed by atoms with Crippen LogP contribution in [0.3, 0.4) is 0 Å². The first kappa shape index (κ1) is 15.7. The van der Waals surface area contributed by atoms with Gasteiger partial charge in [-0.05, 0) is 40.9 Å². The predicted octanol–water partition coefficient (Wildman–Crippen LogP) is 1.75. The van der Waals surface area contributed by atoms with E-state index >= 15 is 0 Å². The lowest BCUT2D eigenvalue weighted by Crippen LogP contribution is -2.49. The molecule has 0 aromatic heterocycles. The number of nitrogens with two attached hydrogens (primary N) is 1. The molecule has 1 aliphatic carbocycles. The summed E-state index contributed by atoms with van der Waals surface area (Å²) in [4.78, 5) is -0.510. The molecule has 2 rings (SSSR count). The van der Waals surface area contributed by atoms with E-state index < -0.39 is 26.3 Å². The van der Waals surface area contributed by atoms with Gasteiger partial charge in [-0.1, -0.05) is 12.8 Å². The summed E-state index contributed by atoms with van der Waals surface area (Å²) in [5.41, 5.74) is 4.80. The molecule has 112 valence electrons. The van der Waals surface area contributed by atoms with Crippen molar-refractivity contribution in [3.8, 4) is 0 Å². The lowest BCUT2D eigenvalue weighted by molar-refractivity contribution is 0.185. The Hall–Kier alpha value is -0.700. The molecule has 1 aromatic rings. The van der Waals surface area contributed by atoms with Gasteiger partial charge in [-0.15, -0.1) is 0 Å². The fourth-order valence-corrected chi connectivity index (χ4v) is 4.66. The van der Waals surface area contributed by atoms with Crippen molar-refractivity contribution in [3.63, 3.8) is 0 Å². The first-order valence-corrected chi connectivity index (χ1v) is 8.47. The summed E-state index contributed by atoms with van der Waals surface area (Å²) in [7, 11) is -4.08. The van der Waals surface area contributed by atoms with Crippen LogP contribution in [0.25, 0.3) is 0 Å². The molecule has 0 bridgehead atoms.